The molecule has 2 nitrogen and oxygen atoms in total. The number of unbranched alkanes of at least 4 members (excludes halogenated alkanes) is 9. The third kappa shape index (κ3) is 12.1. The second-order valence-corrected chi connectivity index (χ2v) is 7.84. The first-order valence-corrected chi connectivity index (χ1v) is 9.62. The summed E-state index contributed by atoms with van der Waals surface area (Å²) in [6.45, 7) is 7.72. The zero-order chi connectivity index (χ0) is 19.3. The largest absolute Gasteiger partial charge is 0.394 e. The lowest BCUT2D eigenvalue weighted by molar-refractivity contribution is -0.151. The van der Waals surface area contributed by atoms with E-state index in [0.717, 1.165) is 19.3 Å². The van der Waals surface area contributed by atoms with Gasteiger partial charge in [0.05, 0.1) is 5.92 Å². The fourth-order valence-electron chi connectivity index (χ4n) is 2.94. The van der Waals surface area contributed by atoms with E-state index in [0.29, 0.717) is 6.42 Å². The van der Waals surface area contributed by atoms with Crippen LogP contribution in [0.1, 0.15) is 98.3 Å². The molecular formula is C20H35F3O2. The Balaban J connectivity index is 4.07. The van der Waals surface area contributed by atoms with Crippen LogP contribution in [0.3, 0.4) is 0 Å². The number of esters is 1. The monoisotopic (exact) mass is 364 g/mol. The molecule has 5 heteroatoms. The molecule has 25 heavy (non-hydrogen) atoms. The number of carbonyl (C=O) groups excluding carboxylic acids is 1. The Morgan fingerprint density at radius 1 is 0.840 bits per heavy atom. The molecule has 0 fully saturated rings. The highest BCUT2D eigenvalue weighted by Gasteiger charge is 2.33. The van der Waals surface area contributed by atoms with E-state index in [9.17, 15) is 18.0 Å². The van der Waals surface area contributed by atoms with Crippen molar-refractivity contribution in [3.63, 3.8) is 0 Å². The van der Waals surface area contributed by atoms with Crippen LogP contribution in [0, 0.1) is 11.3 Å². The molecule has 0 aliphatic carbocycles. The first kappa shape index (κ1) is 24.0. The highest BCUT2D eigenvalue weighted by molar-refractivity contribution is 5.74. The highest BCUT2D eigenvalue weighted by Crippen LogP contribution is 2.32. The first-order valence-electron chi connectivity index (χ1n) is 9.62. The van der Waals surface area contributed by atoms with E-state index in [1.165, 1.54) is 44.9 Å². The minimum Gasteiger partial charge on any atom is -0.394 e. The van der Waals surface area contributed by atoms with Crippen LogP contribution in [0.5, 0.6) is 0 Å². The SMILES string of the molecule is CCCCCCCCCCCCC(C(=O)OC(F)=C(F)F)C(C)(C)C. The lowest BCUT2D eigenvalue weighted by Crippen LogP contribution is -2.30. The van der Waals surface area contributed by atoms with E-state index in [1.54, 1.807) is 0 Å². The summed E-state index contributed by atoms with van der Waals surface area (Å²) in [6, 6.07) is -2.08. The number of halogens is 3. The van der Waals surface area contributed by atoms with Crippen LogP contribution in [-0.2, 0) is 9.53 Å². The van der Waals surface area contributed by atoms with Gasteiger partial charge in [-0.15, -0.1) is 0 Å². The maximum Gasteiger partial charge on any atom is 0.347 e. The fraction of sp³-hybridized carbons (Fsp3) is 0.850. The van der Waals surface area contributed by atoms with E-state index in [2.05, 4.69) is 11.7 Å². The van der Waals surface area contributed by atoms with Crippen LogP contribution >= 0.6 is 0 Å². The molecule has 1 atom stereocenters. The van der Waals surface area contributed by atoms with Crippen molar-refractivity contribution in [1.82, 2.24) is 0 Å². The summed E-state index contributed by atoms with van der Waals surface area (Å²) in [5, 5.41) is 0. The van der Waals surface area contributed by atoms with Crippen LogP contribution in [0.2, 0.25) is 0 Å². The molecular weight excluding hydrogens is 329 g/mol. The Morgan fingerprint density at radius 2 is 1.28 bits per heavy atom. The van der Waals surface area contributed by atoms with Crippen molar-refractivity contribution >= 4 is 5.97 Å². The molecule has 0 aliphatic heterocycles. The number of ether oxygens (including phenoxy) is 1. The van der Waals surface area contributed by atoms with Gasteiger partial charge in [0.1, 0.15) is 0 Å². The zero-order valence-corrected chi connectivity index (χ0v) is 16.3. The predicted molar refractivity (Wildman–Crippen MR) is 95.8 cm³/mol. The molecule has 0 aromatic carbocycles. The van der Waals surface area contributed by atoms with Gasteiger partial charge in [0.25, 0.3) is 0 Å². The lowest BCUT2D eigenvalue weighted by atomic mass is 9.77. The van der Waals surface area contributed by atoms with Crippen molar-refractivity contribution < 1.29 is 22.7 Å². The summed E-state index contributed by atoms with van der Waals surface area (Å²) >= 11 is 0. The molecule has 0 rings (SSSR count). The van der Waals surface area contributed by atoms with Crippen LogP contribution in [0.4, 0.5) is 13.2 Å². The van der Waals surface area contributed by atoms with Crippen molar-refractivity contribution in [3.05, 3.63) is 12.1 Å². The van der Waals surface area contributed by atoms with Crippen molar-refractivity contribution in [2.24, 2.45) is 11.3 Å². The number of hydrogen-bond acceptors (Lipinski definition) is 2. The van der Waals surface area contributed by atoms with Gasteiger partial charge in [-0.1, -0.05) is 91.9 Å². The molecule has 0 saturated carbocycles. The Hall–Kier alpha value is -1.00. The molecule has 1 unspecified atom stereocenters. The first-order chi connectivity index (χ1) is 11.7. The van der Waals surface area contributed by atoms with E-state index in [1.807, 2.05) is 20.8 Å². The Labute approximate surface area is 151 Å². The fourth-order valence-corrected chi connectivity index (χ4v) is 2.94. The molecule has 148 valence electrons. The van der Waals surface area contributed by atoms with Crippen molar-refractivity contribution in [3.8, 4) is 0 Å². The van der Waals surface area contributed by atoms with Gasteiger partial charge in [-0.05, 0) is 11.8 Å². The third-order valence-corrected chi connectivity index (χ3v) is 4.52. The topological polar surface area (TPSA) is 26.3 Å². The summed E-state index contributed by atoms with van der Waals surface area (Å²) in [7, 11) is 0. The molecule has 0 aliphatic rings. The van der Waals surface area contributed by atoms with Gasteiger partial charge in [0.2, 0.25) is 0 Å². The summed E-state index contributed by atoms with van der Waals surface area (Å²) in [4.78, 5) is 12.0. The summed E-state index contributed by atoms with van der Waals surface area (Å²) in [5.74, 6) is -1.50. The van der Waals surface area contributed by atoms with Crippen molar-refractivity contribution in [1.29, 1.82) is 0 Å². The summed E-state index contributed by atoms with van der Waals surface area (Å²) in [6.07, 6.45) is 9.72. The lowest BCUT2D eigenvalue weighted by Gasteiger charge is -2.28. The standard InChI is InChI=1S/C20H35F3O2/c1-5-6-7-8-9-10-11-12-13-14-15-16(20(2,3)4)19(24)25-18(23)17(21)22/h16H,5-15H2,1-4H3. The van der Waals surface area contributed by atoms with Crippen LogP contribution in [-0.4, -0.2) is 5.97 Å². The number of rotatable bonds is 13. The second kappa shape index (κ2) is 13.2. The van der Waals surface area contributed by atoms with Crippen LogP contribution < -0.4 is 0 Å². The van der Waals surface area contributed by atoms with Crippen molar-refractivity contribution in [2.75, 3.05) is 0 Å². The second-order valence-electron chi connectivity index (χ2n) is 7.84. The Kier molecular flexibility index (Phi) is 12.7. The smallest absolute Gasteiger partial charge is 0.347 e. The molecule has 0 aromatic heterocycles. The van der Waals surface area contributed by atoms with Gasteiger partial charge < -0.3 is 4.74 Å². The zero-order valence-electron chi connectivity index (χ0n) is 16.3. The predicted octanol–water partition coefficient (Wildman–Crippen LogP) is 7.54. The van der Waals surface area contributed by atoms with Gasteiger partial charge in [-0.2, -0.15) is 13.2 Å². The third-order valence-electron chi connectivity index (χ3n) is 4.52. The minimum atomic E-state index is -2.60. The van der Waals surface area contributed by atoms with E-state index >= 15 is 0 Å². The summed E-state index contributed by atoms with van der Waals surface area (Å²) < 4.78 is 41.2. The highest BCUT2D eigenvalue weighted by atomic mass is 19.3. The maximum absolute atomic E-state index is 12.8. The number of carbonyl (C=O) groups is 1. The quantitative estimate of drug-likeness (QED) is 0.192. The molecule has 0 radical (unpaired) electrons. The van der Waals surface area contributed by atoms with Gasteiger partial charge in [-0.3, -0.25) is 4.79 Å². The van der Waals surface area contributed by atoms with E-state index in [4.69, 9.17) is 0 Å². The van der Waals surface area contributed by atoms with Gasteiger partial charge in [-0.25, -0.2) is 0 Å². The Morgan fingerprint density at radius 3 is 1.68 bits per heavy atom. The molecule has 0 heterocycles. The molecule has 0 spiro atoms. The van der Waals surface area contributed by atoms with Gasteiger partial charge in [0.15, 0.2) is 0 Å². The van der Waals surface area contributed by atoms with Gasteiger partial charge >= 0.3 is 18.1 Å². The van der Waals surface area contributed by atoms with Gasteiger partial charge in [0, 0.05) is 0 Å². The molecule has 0 aromatic rings. The normalized spacial score (nSPS) is 12.8. The Bertz CT molecular complexity index is 396. The average Bonchev–Trinajstić information content (AvgIpc) is 2.51. The molecule has 0 saturated heterocycles. The van der Waals surface area contributed by atoms with E-state index < -0.39 is 29.4 Å². The molecule has 0 bridgehead atoms. The molecule has 0 amide bonds. The summed E-state index contributed by atoms with van der Waals surface area (Å²) in [5.41, 5.74) is -0.455. The minimum absolute atomic E-state index is 0.455. The maximum atomic E-state index is 12.8. The average molecular weight is 364 g/mol. The van der Waals surface area contributed by atoms with Crippen LogP contribution in [0.15, 0.2) is 12.1 Å². The molecule has 0 N–H and O–H groups in total. The number of hydrogen-bond donors (Lipinski definition) is 0. The van der Waals surface area contributed by atoms with Crippen molar-refractivity contribution in [2.45, 2.75) is 98.3 Å². The van der Waals surface area contributed by atoms with Crippen LogP contribution in [0.25, 0.3) is 0 Å². The van der Waals surface area contributed by atoms with E-state index in [-0.39, 0.29) is 0 Å².